The van der Waals surface area contributed by atoms with E-state index < -0.39 is 0 Å². The van der Waals surface area contributed by atoms with E-state index >= 15 is 0 Å². The molecule has 106 valence electrons. The molecule has 1 aliphatic rings. The van der Waals surface area contributed by atoms with Crippen LogP contribution in [0.4, 0.5) is 5.69 Å². The third-order valence-electron chi connectivity index (χ3n) is 4.03. The van der Waals surface area contributed by atoms with Gasteiger partial charge in [-0.05, 0) is 43.5 Å². The second-order valence-corrected chi connectivity index (χ2v) is 5.93. The van der Waals surface area contributed by atoms with Gasteiger partial charge in [0, 0.05) is 30.9 Å². The molecule has 3 heteroatoms. The van der Waals surface area contributed by atoms with Crippen molar-refractivity contribution in [3.8, 4) is 5.75 Å². The molecule has 1 aromatic rings. The summed E-state index contributed by atoms with van der Waals surface area (Å²) in [4.78, 5) is 2.56. The minimum Gasteiger partial charge on any atom is -0.497 e. The molecule has 1 aliphatic heterocycles. The van der Waals surface area contributed by atoms with Crippen molar-refractivity contribution in [2.75, 3.05) is 25.1 Å². The highest BCUT2D eigenvalue weighted by Gasteiger charge is 2.28. The predicted octanol–water partition coefficient (Wildman–Crippen LogP) is 2.83. The van der Waals surface area contributed by atoms with Gasteiger partial charge in [-0.15, -0.1) is 0 Å². The molecule has 0 amide bonds. The molecule has 0 saturated carbocycles. The summed E-state index contributed by atoms with van der Waals surface area (Å²) in [7, 11) is 1.72. The van der Waals surface area contributed by atoms with E-state index in [0.717, 1.165) is 18.8 Å². The van der Waals surface area contributed by atoms with Gasteiger partial charge < -0.3 is 15.0 Å². The average molecular weight is 262 g/mol. The maximum absolute atomic E-state index is 5.30. The number of hydrogen-bond acceptors (Lipinski definition) is 3. The Labute approximate surface area is 116 Å². The van der Waals surface area contributed by atoms with E-state index in [2.05, 4.69) is 56.1 Å². The lowest BCUT2D eigenvalue weighted by Gasteiger charge is -2.43. The van der Waals surface area contributed by atoms with Gasteiger partial charge in [0.05, 0.1) is 7.11 Å². The number of hydrogen-bond donors (Lipinski definition) is 1. The smallest absolute Gasteiger partial charge is 0.119 e. The SMILES string of the molecule is COc1ccc(N2CC(C)NCC2C(C)C)c(C)c1. The average Bonchev–Trinajstić information content (AvgIpc) is 2.38. The summed E-state index contributed by atoms with van der Waals surface area (Å²) in [5.74, 6) is 1.58. The molecule has 0 aliphatic carbocycles. The van der Waals surface area contributed by atoms with Gasteiger partial charge in [-0.3, -0.25) is 0 Å². The van der Waals surface area contributed by atoms with Crippen LogP contribution < -0.4 is 15.0 Å². The zero-order chi connectivity index (χ0) is 14.0. The van der Waals surface area contributed by atoms with E-state index in [1.807, 2.05) is 0 Å². The summed E-state index contributed by atoms with van der Waals surface area (Å²) >= 11 is 0. The van der Waals surface area contributed by atoms with Crippen molar-refractivity contribution in [1.29, 1.82) is 0 Å². The zero-order valence-corrected chi connectivity index (χ0v) is 12.7. The summed E-state index contributed by atoms with van der Waals surface area (Å²) in [5.41, 5.74) is 2.63. The van der Waals surface area contributed by atoms with Crippen LogP contribution >= 0.6 is 0 Å². The van der Waals surface area contributed by atoms with Gasteiger partial charge in [0.15, 0.2) is 0 Å². The van der Waals surface area contributed by atoms with Gasteiger partial charge in [0.1, 0.15) is 5.75 Å². The summed E-state index contributed by atoms with van der Waals surface area (Å²) in [5, 5.41) is 3.59. The molecule has 2 atom stereocenters. The van der Waals surface area contributed by atoms with Crippen molar-refractivity contribution in [3.63, 3.8) is 0 Å². The standard InChI is InChI=1S/C16H26N2O/c1-11(2)16-9-17-13(4)10-18(16)15-7-6-14(19-5)8-12(15)3/h6-8,11,13,16-17H,9-10H2,1-5H3. The van der Waals surface area contributed by atoms with Crippen LogP contribution in [-0.2, 0) is 0 Å². The molecule has 0 bridgehead atoms. The monoisotopic (exact) mass is 262 g/mol. The number of piperazine rings is 1. The maximum atomic E-state index is 5.30. The van der Waals surface area contributed by atoms with Gasteiger partial charge in [-0.2, -0.15) is 0 Å². The Bertz CT molecular complexity index is 431. The third kappa shape index (κ3) is 3.03. The van der Waals surface area contributed by atoms with Crippen molar-refractivity contribution in [3.05, 3.63) is 23.8 Å². The van der Waals surface area contributed by atoms with Crippen LogP contribution in [0, 0.1) is 12.8 Å². The van der Waals surface area contributed by atoms with Gasteiger partial charge in [-0.25, -0.2) is 0 Å². The molecule has 1 N–H and O–H groups in total. The molecule has 3 nitrogen and oxygen atoms in total. The van der Waals surface area contributed by atoms with Gasteiger partial charge in [0.25, 0.3) is 0 Å². The number of aryl methyl sites for hydroxylation is 1. The lowest BCUT2D eigenvalue weighted by atomic mass is 9.97. The number of benzene rings is 1. The minimum absolute atomic E-state index is 0.538. The molecule has 1 heterocycles. The number of anilines is 1. The lowest BCUT2D eigenvalue weighted by Crippen LogP contribution is -2.57. The molecular weight excluding hydrogens is 236 g/mol. The van der Waals surface area contributed by atoms with E-state index in [9.17, 15) is 0 Å². The Hall–Kier alpha value is -1.22. The highest BCUT2D eigenvalue weighted by atomic mass is 16.5. The fourth-order valence-corrected chi connectivity index (χ4v) is 2.88. The van der Waals surface area contributed by atoms with Crippen LogP contribution in [0.15, 0.2) is 18.2 Å². The lowest BCUT2D eigenvalue weighted by molar-refractivity contribution is 0.348. The van der Waals surface area contributed by atoms with Crippen molar-refractivity contribution < 1.29 is 4.74 Å². The summed E-state index contributed by atoms with van der Waals surface area (Å²) in [6.07, 6.45) is 0. The van der Waals surface area contributed by atoms with Crippen molar-refractivity contribution in [1.82, 2.24) is 5.32 Å². The van der Waals surface area contributed by atoms with Crippen LogP contribution in [0.2, 0.25) is 0 Å². The minimum atomic E-state index is 0.538. The number of nitrogens with zero attached hydrogens (tertiary/aromatic N) is 1. The van der Waals surface area contributed by atoms with Crippen LogP contribution in [0.25, 0.3) is 0 Å². The molecule has 2 rings (SSSR count). The van der Waals surface area contributed by atoms with Gasteiger partial charge in [-0.1, -0.05) is 13.8 Å². The first kappa shape index (κ1) is 14.2. The van der Waals surface area contributed by atoms with E-state index in [1.54, 1.807) is 7.11 Å². The van der Waals surface area contributed by atoms with Crippen molar-refractivity contribution in [2.45, 2.75) is 39.8 Å². The molecular formula is C16H26N2O. The summed E-state index contributed by atoms with van der Waals surface area (Å²) in [6, 6.07) is 7.48. The number of rotatable bonds is 3. The van der Waals surface area contributed by atoms with Crippen LogP contribution in [0.1, 0.15) is 26.3 Å². The largest absolute Gasteiger partial charge is 0.497 e. The van der Waals surface area contributed by atoms with E-state index in [4.69, 9.17) is 4.74 Å². The summed E-state index contributed by atoms with van der Waals surface area (Å²) in [6.45, 7) is 11.1. The van der Waals surface area contributed by atoms with E-state index in [-0.39, 0.29) is 0 Å². The van der Waals surface area contributed by atoms with Crippen molar-refractivity contribution >= 4 is 5.69 Å². The molecule has 19 heavy (non-hydrogen) atoms. The normalized spacial score (nSPS) is 23.8. The number of nitrogens with one attached hydrogen (secondary N) is 1. The zero-order valence-electron chi connectivity index (χ0n) is 12.7. The first-order chi connectivity index (χ1) is 9.02. The Kier molecular flexibility index (Phi) is 4.35. The third-order valence-corrected chi connectivity index (χ3v) is 4.03. The van der Waals surface area contributed by atoms with Crippen LogP contribution in [-0.4, -0.2) is 32.3 Å². The quantitative estimate of drug-likeness (QED) is 0.906. The first-order valence-corrected chi connectivity index (χ1v) is 7.17. The van der Waals surface area contributed by atoms with Crippen molar-refractivity contribution in [2.24, 2.45) is 5.92 Å². The van der Waals surface area contributed by atoms with Gasteiger partial charge >= 0.3 is 0 Å². The molecule has 2 unspecified atom stereocenters. The number of methoxy groups -OCH3 is 1. The topological polar surface area (TPSA) is 24.5 Å². The molecule has 1 aromatic carbocycles. The Morgan fingerprint density at radius 3 is 2.68 bits per heavy atom. The molecule has 0 aromatic heterocycles. The highest BCUT2D eigenvalue weighted by molar-refractivity contribution is 5.57. The maximum Gasteiger partial charge on any atom is 0.119 e. The molecule has 1 fully saturated rings. The second kappa shape index (κ2) is 5.83. The van der Waals surface area contributed by atoms with Gasteiger partial charge in [0.2, 0.25) is 0 Å². The van der Waals surface area contributed by atoms with E-state index in [0.29, 0.717) is 18.0 Å². The fourth-order valence-electron chi connectivity index (χ4n) is 2.88. The summed E-state index contributed by atoms with van der Waals surface area (Å²) < 4.78 is 5.30. The first-order valence-electron chi connectivity index (χ1n) is 7.17. The Morgan fingerprint density at radius 1 is 1.37 bits per heavy atom. The molecule has 0 spiro atoms. The number of ether oxygens (including phenoxy) is 1. The fraction of sp³-hybridized carbons (Fsp3) is 0.625. The van der Waals surface area contributed by atoms with E-state index in [1.165, 1.54) is 11.3 Å². The second-order valence-electron chi connectivity index (χ2n) is 5.93. The predicted molar refractivity (Wildman–Crippen MR) is 81.2 cm³/mol. The molecule has 0 radical (unpaired) electrons. The molecule has 1 saturated heterocycles. The highest BCUT2D eigenvalue weighted by Crippen LogP contribution is 2.29. The van der Waals surface area contributed by atoms with Crippen LogP contribution in [0.5, 0.6) is 5.75 Å². The van der Waals surface area contributed by atoms with Crippen LogP contribution in [0.3, 0.4) is 0 Å². The Balaban J connectivity index is 2.30. The Morgan fingerprint density at radius 2 is 2.11 bits per heavy atom.